The molecule has 1 saturated heterocycles. The number of carboxylic acids is 1. The summed E-state index contributed by atoms with van der Waals surface area (Å²) in [7, 11) is -4.50. The normalized spacial score (nSPS) is 28.9. The van der Waals surface area contributed by atoms with Gasteiger partial charge in [0.25, 0.3) is 0 Å². The highest BCUT2D eigenvalue weighted by Crippen LogP contribution is 2.58. The van der Waals surface area contributed by atoms with Crippen LogP contribution in [0.4, 0.5) is 0 Å². The van der Waals surface area contributed by atoms with E-state index in [9.17, 15) is 23.1 Å². The molecule has 6 atom stereocenters. The van der Waals surface area contributed by atoms with E-state index < -0.39 is 57.1 Å². The molecule has 1 heterocycles. The maximum absolute atomic E-state index is 13.9. The minimum absolute atomic E-state index is 0.0255. The fourth-order valence-electron chi connectivity index (χ4n) is 5.49. The van der Waals surface area contributed by atoms with Crippen LogP contribution in [0.3, 0.4) is 0 Å². The molecule has 0 aromatic heterocycles. The average molecular weight is 553 g/mol. The standard InChI is InChI=1S/C26H33ClN2O7S/c1-5-26(23(30)31)20(18-14-10-11-15-19(18)27)25(4,16(3)29-21(26)22(28)35-6-2)24(32)36-37(33,34)17-12-8-7-9-13-17/h7-16,20-22,29H,5-6,28H2,1-4H3,(H,30,31). The van der Waals surface area contributed by atoms with Crippen LogP contribution in [0.5, 0.6) is 0 Å². The van der Waals surface area contributed by atoms with Gasteiger partial charge in [-0.25, -0.2) is 0 Å². The van der Waals surface area contributed by atoms with Crippen molar-refractivity contribution in [1.29, 1.82) is 0 Å². The maximum atomic E-state index is 13.9. The fourth-order valence-corrected chi connectivity index (χ4v) is 6.70. The first-order chi connectivity index (χ1) is 17.4. The largest absolute Gasteiger partial charge is 0.481 e. The highest BCUT2D eigenvalue weighted by molar-refractivity contribution is 7.87. The second-order valence-electron chi connectivity index (χ2n) is 9.36. The van der Waals surface area contributed by atoms with Crippen LogP contribution in [0.1, 0.15) is 45.6 Å². The highest BCUT2D eigenvalue weighted by atomic mass is 35.5. The van der Waals surface area contributed by atoms with Crippen molar-refractivity contribution in [2.45, 2.75) is 63.2 Å². The zero-order valence-electron chi connectivity index (χ0n) is 21.2. The predicted molar refractivity (Wildman–Crippen MR) is 138 cm³/mol. The number of carbonyl (C=O) groups is 2. The quantitative estimate of drug-likeness (QED) is 0.314. The van der Waals surface area contributed by atoms with Gasteiger partial charge in [-0.15, -0.1) is 0 Å². The zero-order valence-corrected chi connectivity index (χ0v) is 22.8. The molecular formula is C26H33ClN2O7S. The van der Waals surface area contributed by atoms with E-state index >= 15 is 0 Å². The van der Waals surface area contributed by atoms with Crippen LogP contribution in [-0.4, -0.2) is 50.4 Å². The fraction of sp³-hybridized carbons (Fsp3) is 0.462. The van der Waals surface area contributed by atoms with Crippen LogP contribution in [0.2, 0.25) is 5.02 Å². The Morgan fingerprint density at radius 1 is 1.14 bits per heavy atom. The molecule has 0 saturated carbocycles. The summed E-state index contributed by atoms with van der Waals surface area (Å²) in [4.78, 5) is 26.9. The molecule has 0 aliphatic carbocycles. The van der Waals surface area contributed by atoms with Crippen LogP contribution < -0.4 is 11.1 Å². The number of rotatable bonds is 9. The Morgan fingerprint density at radius 2 is 1.73 bits per heavy atom. The summed E-state index contributed by atoms with van der Waals surface area (Å²) in [5, 5.41) is 14.1. The minimum atomic E-state index is -4.50. The summed E-state index contributed by atoms with van der Waals surface area (Å²) in [6.07, 6.45) is -1.01. The van der Waals surface area contributed by atoms with E-state index in [-0.39, 0.29) is 22.9 Å². The van der Waals surface area contributed by atoms with Crippen molar-refractivity contribution < 1.29 is 32.0 Å². The van der Waals surface area contributed by atoms with Crippen LogP contribution in [-0.2, 0) is 28.6 Å². The Labute approximate surface area is 222 Å². The van der Waals surface area contributed by atoms with Gasteiger partial charge in [0.05, 0.1) is 16.9 Å². The summed E-state index contributed by atoms with van der Waals surface area (Å²) in [6.45, 7) is 6.80. The third kappa shape index (κ3) is 5.00. The Bertz CT molecular complexity index is 1240. The van der Waals surface area contributed by atoms with Crippen LogP contribution >= 0.6 is 11.6 Å². The van der Waals surface area contributed by atoms with Gasteiger partial charge in [-0.2, -0.15) is 8.42 Å². The molecule has 0 bridgehead atoms. The molecule has 6 unspecified atom stereocenters. The molecule has 2 aromatic carbocycles. The number of carbonyl (C=O) groups excluding carboxylic acids is 1. The molecule has 1 aliphatic heterocycles. The second-order valence-corrected chi connectivity index (χ2v) is 11.3. The van der Waals surface area contributed by atoms with E-state index in [1.165, 1.54) is 31.2 Å². The third-order valence-corrected chi connectivity index (χ3v) is 9.11. The summed E-state index contributed by atoms with van der Waals surface area (Å²) in [5.41, 5.74) is 3.27. The van der Waals surface area contributed by atoms with E-state index in [1.54, 1.807) is 51.1 Å². The molecule has 37 heavy (non-hydrogen) atoms. The number of benzene rings is 2. The molecule has 11 heteroatoms. The SMILES string of the molecule is CCOC(N)C1NC(C)C(C)(C(=O)OS(=O)(=O)c2ccccc2)C(c2ccccc2Cl)C1(CC)C(=O)O. The Morgan fingerprint density at radius 3 is 2.27 bits per heavy atom. The van der Waals surface area contributed by atoms with E-state index in [2.05, 4.69) is 5.32 Å². The van der Waals surface area contributed by atoms with Gasteiger partial charge in [0.2, 0.25) is 0 Å². The lowest BCUT2D eigenvalue weighted by molar-refractivity contribution is -0.176. The van der Waals surface area contributed by atoms with Crippen LogP contribution in [0.25, 0.3) is 0 Å². The molecule has 0 spiro atoms. The van der Waals surface area contributed by atoms with Gasteiger partial charge in [-0.05, 0) is 51.0 Å². The zero-order chi connectivity index (χ0) is 27.6. The number of hydrogen-bond acceptors (Lipinski definition) is 8. The van der Waals surface area contributed by atoms with Gasteiger partial charge >= 0.3 is 22.1 Å². The summed E-state index contributed by atoms with van der Waals surface area (Å²) in [5.74, 6) is -3.48. The van der Waals surface area contributed by atoms with Crippen molar-refractivity contribution in [3.8, 4) is 0 Å². The first-order valence-electron chi connectivity index (χ1n) is 12.0. The van der Waals surface area contributed by atoms with Crippen molar-refractivity contribution in [2.75, 3.05) is 6.61 Å². The first kappa shape index (κ1) is 29.1. The molecule has 3 rings (SSSR count). The summed E-state index contributed by atoms with van der Waals surface area (Å²) < 4.78 is 36.9. The van der Waals surface area contributed by atoms with Crippen molar-refractivity contribution in [2.24, 2.45) is 16.6 Å². The average Bonchev–Trinajstić information content (AvgIpc) is 2.86. The number of nitrogens with one attached hydrogen (secondary N) is 1. The van der Waals surface area contributed by atoms with Crippen molar-refractivity contribution >= 4 is 33.7 Å². The van der Waals surface area contributed by atoms with Gasteiger partial charge in [0, 0.05) is 23.6 Å². The molecule has 1 fully saturated rings. The predicted octanol–water partition coefficient (Wildman–Crippen LogP) is 3.52. The van der Waals surface area contributed by atoms with E-state index in [0.29, 0.717) is 5.56 Å². The molecular weight excluding hydrogens is 520 g/mol. The van der Waals surface area contributed by atoms with E-state index in [0.717, 1.165) is 0 Å². The van der Waals surface area contributed by atoms with Gasteiger partial charge < -0.3 is 25.1 Å². The Hall–Kier alpha value is -2.50. The van der Waals surface area contributed by atoms with Gasteiger partial charge in [0.1, 0.15) is 11.1 Å². The van der Waals surface area contributed by atoms with E-state index in [1.807, 2.05) is 0 Å². The number of carboxylic acid groups (broad SMARTS) is 1. The lowest BCUT2D eigenvalue weighted by atomic mass is 9.51. The van der Waals surface area contributed by atoms with Crippen LogP contribution in [0, 0.1) is 10.8 Å². The topological polar surface area (TPSA) is 145 Å². The molecule has 4 N–H and O–H groups in total. The molecule has 202 valence electrons. The minimum Gasteiger partial charge on any atom is -0.481 e. The lowest BCUT2D eigenvalue weighted by Gasteiger charge is -2.58. The number of aliphatic carboxylic acids is 1. The molecule has 0 amide bonds. The number of nitrogens with two attached hydrogens (primary N) is 1. The molecule has 1 aliphatic rings. The lowest BCUT2D eigenvalue weighted by Crippen LogP contribution is -2.73. The Kier molecular flexibility index (Phi) is 8.71. The van der Waals surface area contributed by atoms with Crippen molar-refractivity contribution in [1.82, 2.24) is 5.32 Å². The molecule has 0 radical (unpaired) electrons. The van der Waals surface area contributed by atoms with Gasteiger partial charge in [-0.3, -0.25) is 9.59 Å². The van der Waals surface area contributed by atoms with Crippen molar-refractivity contribution in [3.05, 3.63) is 65.2 Å². The van der Waals surface area contributed by atoms with Crippen LogP contribution in [0.15, 0.2) is 59.5 Å². The first-order valence-corrected chi connectivity index (χ1v) is 13.8. The number of hydrogen-bond donors (Lipinski definition) is 3. The molecule has 2 aromatic rings. The highest BCUT2D eigenvalue weighted by Gasteiger charge is 2.67. The monoisotopic (exact) mass is 552 g/mol. The number of halogens is 1. The maximum Gasteiger partial charge on any atom is 0.341 e. The smallest absolute Gasteiger partial charge is 0.341 e. The number of ether oxygens (including phenoxy) is 1. The summed E-state index contributed by atoms with van der Waals surface area (Å²) >= 11 is 6.60. The second kappa shape index (κ2) is 11.1. The van der Waals surface area contributed by atoms with Gasteiger partial charge in [0.15, 0.2) is 0 Å². The third-order valence-electron chi connectivity index (χ3n) is 7.54. The van der Waals surface area contributed by atoms with E-state index in [4.69, 9.17) is 26.3 Å². The number of piperidine rings is 1. The summed E-state index contributed by atoms with van der Waals surface area (Å²) in [6, 6.07) is 12.1. The van der Waals surface area contributed by atoms with Gasteiger partial charge in [-0.1, -0.05) is 54.9 Å². The molecule has 9 nitrogen and oxygen atoms in total. The van der Waals surface area contributed by atoms with Crippen molar-refractivity contribution in [3.63, 3.8) is 0 Å². The Balaban J connectivity index is 2.27.